The van der Waals surface area contributed by atoms with Crippen molar-refractivity contribution in [3.63, 3.8) is 0 Å². The molecule has 0 saturated heterocycles. The zero-order valence-corrected chi connectivity index (χ0v) is 20.7. The van der Waals surface area contributed by atoms with Gasteiger partial charge in [0.25, 0.3) is 0 Å². The molecule has 6 heteroatoms. The van der Waals surface area contributed by atoms with Crippen LogP contribution in [-0.4, -0.2) is 19.1 Å². The number of carbonyl (C=O) groups excluding carboxylic acids is 2. The Balaban J connectivity index is 1.30. The van der Waals surface area contributed by atoms with Gasteiger partial charge in [0.2, 0.25) is 0 Å². The van der Waals surface area contributed by atoms with Gasteiger partial charge in [0.05, 0.1) is 0 Å². The molecular weight excluding hydrogens is 448 g/mol. The van der Waals surface area contributed by atoms with Crippen LogP contribution < -0.4 is 20.9 Å². The molecule has 3 N–H and O–H groups in total. The Kier molecular flexibility index (Phi) is 7.66. The molecule has 0 heterocycles. The number of urea groups is 2. The first-order valence-electron chi connectivity index (χ1n) is 11.8. The van der Waals surface area contributed by atoms with Crippen LogP contribution in [0.1, 0.15) is 22.3 Å². The first-order chi connectivity index (χ1) is 17.4. The van der Waals surface area contributed by atoms with Crippen molar-refractivity contribution in [3.05, 3.63) is 119 Å². The van der Waals surface area contributed by atoms with Crippen molar-refractivity contribution in [3.8, 4) is 0 Å². The summed E-state index contributed by atoms with van der Waals surface area (Å²) in [5.74, 6) is 0. The second kappa shape index (κ2) is 11.2. The normalized spacial score (nSPS) is 10.4. The Bertz CT molecular complexity index is 1310. The largest absolute Gasteiger partial charge is 0.326 e. The Hall–Kier alpha value is -4.58. The Morgan fingerprint density at radius 1 is 0.583 bits per heavy atom. The quantitative estimate of drug-likeness (QED) is 0.274. The summed E-state index contributed by atoms with van der Waals surface area (Å²) in [7, 11) is 1.75. The number of nitrogens with one attached hydrogen (secondary N) is 3. The van der Waals surface area contributed by atoms with Gasteiger partial charge in [0.15, 0.2) is 0 Å². The summed E-state index contributed by atoms with van der Waals surface area (Å²) in [6.45, 7) is 4.02. The highest BCUT2D eigenvalue weighted by molar-refractivity contribution is 6.01. The molecular formula is C30H30N4O2. The smallest absolute Gasteiger partial charge is 0.308 e. The minimum atomic E-state index is -0.280. The minimum Gasteiger partial charge on any atom is -0.308 e. The van der Waals surface area contributed by atoms with Gasteiger partial charge in [-0.25, -0.2) is 9.59 Å². The average molecular weight is 479 g/mol. The lowest BCUT2D eigenvalue weighted by molar-refractivity contribution is 0.258. The first-order valence-corrected chi connectivity index (χ1v) is 11.8. The number of amides is 4. The van der Waals surface area contributed by atoms with Gasteiger partial charge in [-0.1, -0.05) is 59.7 Å². The number of rotatable bonds is 6. The molecule has 0 aliphatic rings. The van der Waals surface area contributed by atoms with Gasteiger partial charge in [0, 0.05) is 29.8 Å². The Labute approximate surface area is 212 Å². The van der Waals surface area contributed by atoms with E-state index in [1.54, 1.807) is 11.9 Å². The topological polar surface area (TPSA) is 73.5 Å². The van der Waals surface area contributed by atoms with Crippen molar-refractivity contribution in [1.29, 1.82) is 0 Å². The lowest BCUT2D eigenvalue weighted by Gasteiger charge is -2.18. The molecule has 4 aromatic rings. The highest BCUT2D eigenvalue weighted by atomic mass is 16.2. The SMILES string of the molecule is Cc1ccc(NC(=O)Nc2ccc(Cc3ccc(N(C)C(=O)Nc4ccc(C)cc4)cc3)cc2)cc1. The van der Waals surface area contributed by atoms with E-state index in [2.05, 4.69) is 16.0 Å². The van der Waals surface area contributed by atoms with Crippen molar-refractivity contribution in [1.82, 2.24) is 0 Å². The molecule has 0 unspecified atom stereocenters. The maximum absolute atomic E-state index is 12.6. The summed E-state index contributed by atoms with van der Waals surface area (Å²) < 4.78 is 0. The van der Waals surface area contributed by atoms with E-state index in [1.807, 2.05) is 111 Å². The number of hydrogen-bond donors (Lipinski definition) is 3. The van der Waals surface area contributed by atoms with Crippen LogP contribution in [0.25, 0.3) is 0 Å². The van der Waals surface area contributed by atoms with Crippen molar-refractivity contribution >= 4 is 34.8 Å². The van der Waals surface area contributed by atoms with Crippen molar-refractivity contribution in [2.75, 3.05) is 27.9 Å². The monoisotopic (exact) mass is 478 g/mol. The Morgan fingerprint density at radius 2 is 0.972 bits per heavy atom. The van der Waals surface area contributed by atoms with E-state index in [1.165, 1.54) is 0 Å². The number of hydrogen-bond acceptors (Lipinski definition) is 2. The van der Waals surface area contributed by atoms with Crippen LogP contribution in [0.4, 0.5) is 32.3 Å². The number of aryl methyl sites for hydroxylation is 2. The van der Waals surface area contributed by atoms with Crippen molar-refractivity contribution in [2.45, 2.75) is 20.3 Å². The standard InChI is InChI=1S/C30H30N4O2/c1-21-4-12-25(13-5-21)31-29(35)32-26-16-8-23(9-17-26)20-24-10-18-28(19-11-24)34(3)30(36)33-27-14-6-22(2)7-15-27/h4-19H,20H2,1-3H3,(H,33,36)(H2,31,32,35). The average Bonchev–Trinajstić information content (AvgIpc) is 2.88. The van der Waals surface area contributed by atoms with Crippen molar-refractivity contribution in [2.24, 2.45) is 0 Å². The van der Waals surface area contributed by atoms with Crippen LogP contribution in [0.5, 0.6) is 0 Å². The maximum atomic E-state index is 12.6. The van der Waals surface area contributed by atoms with Gasteiger partial charge < -0.3 is 16.0 Å². The maximum Gasteiger partial charge on any atom is 0.326 e. The third-order valence-electron chi connectivity index (χ3n) is 5.86. The van der Waals surface area contributed by atoms with E-state index in [4.69, 9.17) is 0 Å². The molecule has 0 spiro atoms. The lowest BCUT2D eigenvalue weighted by Crippen LogP contribution is -2.31. The van der Waals surface area contributed by atoms with Crippen LogP contribution in [0.3, 0.4) is 0 Å². The zero-order chi connectivity index (χ0) is 25.5. The molecule has 0 atom stereocenters. The second-order valence-corrected chi connectivity index (χ2v) is 8.84. The highest BCUT2D eigenvalue weighted by Crippen LogP contribution is 2.19. The van der Waals surface area contributed by atoms with Gasteiger partial charge in [-0.3, -0.25) is 4.90 Å². The van der Waals surface area contributed by atoms with Crippen LogP contribution >= 0.6 is 0 Å². The number of carbonyl (C=O) groups is 2. The fraction of sp³-hybridized carbons (Fsp3) is 0.133. The summed E-state index contributed by atoms with van der Waals surface area (Å²) in [5, 5.41) is 8.59. The molecule has 0 aromatic heterocycles. The fourth-order valence-corrected chi connectivity index (χ4v) is 3.67. The van der Waals surface area contributed by atoms with E-state index in [0.717, 1.165) is 51.4 Å². The molecule has 0 fully saturated rings. The first kappa shape index (κ1) is 24.5. The van der Waals surface area contributed by atoms with Gasteiger partial charge in [-0.2, -0.15) is 0 Å². The van der Waals surface area contributed by atoms with Crippen LogP contribution in [0, 0.1) is 13.8 Å². The number of benzene rings is 4. The van der Waals surface area contributed by atoms with Gasteiger partial charge in [-0.15, -0.1) is 0 Å². The van der Waals surface area contributed by atoms with E-state index < -0.39 is 0 Å². The minimum absolute atomic E-state index is 0.193. The predicted octanol–water partition coefficient (Wildman–Crippen LogP) is 7.21. The third kappa shape index (κ3) is 6.73. The number of anilines is 4. The molecule has 0 bridgehead atoms. The summed E-state index contributed by atoms with van der Waals surface area (Å²) in [5.41, 5.74) is 7.58. The Morgan fingerprint density at radius 3 is 1.44 bits per heavy atom. The van der Waals surface area contributed by atoms with Gasteiger partial charge in [0.1, 0.15) is 0 Å². The summed E-state index contributed by atoms with van der Waals surface area (Å²) >= 11 is 0. The second-order valence-electron chi connectivity index (χ2n) is 8.84. The lowest BCUT2D eigenvalue weighted by atomic mass is 10.0. The predicted molar refractivity (Wildman–Crippen MR) is 148 cm³/mol. The summed E-state index contributed by atoms with van der Waals surface area (Å²) in [4.78, 5) is 26.4. The molecule has 182 valence electrons. The van der Waals surface area contributed by atoms with E-state index in [-0.39, 0.29) is 12.1 Å². The molecule has 4 aromatic carbocycles. The molecule has 4 rings (SSSR count). The van der Waals surface area contributed by atoms with Crippen molar-refractivity contribution < 1.29 is 9.59 Å². The molecule has 0 radical (unpaired) electrons. The summed E-state index contributed by atoms with van der Waals surface area (Å²) in [6, 6.07) is 30.6. The fourth-order valence-electron chi connectivity index (χ4n) is 3.67. The van der Waals surface area contributed by atoms with Crippen LogP contribution in [0.15, 0.2) is 97.1 Å². The van der Waals surface area contributed by atoms with Crippen LogP contribution in [-0.2, 0) is 6.42 Å². The molecule has 0 aliphatic heterocycles. The van der Waals surface area contributed by atoms with E-state index >= 15 is 0 Å². The van der Waals surface area contributed by atoms with Crippen LogP contribution in [0.2, 0.25) is 0 Å². The molecule has 0 saturated carbocycles. The summed E-state index contributed by atoms with van der Waals surface area (Å²) in [6.07, 6.45) is 0.745. The zero-order valence-electron chi connectivity index (χ0n) is 20.7. The third-order valence-corrected chi connectivity index (χ3v) is 5.86. The van der Waals surface area contributed by atoms with Gasteiger partial charge in [-0.05, 0) is 79.9 Å². The highest BCUT2D eigenvalue weighted by Gasteiger charge is 2.11. The molecule has 36 heavy (non-hydrogen) atoms. The number of nitrogens with zero attached hydrogens (tertiary/aromatic N) is 1. The molecule has 4 amide bonds. The van der Waals surface area contributed by atoms with E-state index in [0.29, 0.717) is 0 Å². The molecule has 0 aliphatic carbocycles. The molecule has 6 nitrogen and oxygen atoms in total. The van der Waals surface area contributed by atoms with Gasteiger partial charge >= 0.3 is 12.1 Å². The van der Waals surface area contributed by atoms with E-state index in [9.17, 15) is 9.59 Å².